The van der Waals surface area contributed by atoms with E-state index in [1.165, 1.54) is 6.07 Å². The third-order valence-electron chi connectivity index (χ3n) is 4.40. The molecule has 6 heteroatoms. The topological polar surface area (TPSA) is 34.6 Å². The number of pyridine rings is 1. The first-order valence-electron chi connectivity index (χ1n) is 8.60. The molecule has 2 heterocycles. The number of nitrogens with zero attached hydrogens (tertiary/aromatic N) is 2. The highest BCUT2D eigenvalue weighted by Gasteiger charge is 2.16. The molecular formula is C21H18ClFN2O2. The number of ether oxygens (including phenoxy) is 2. The Morgan fingerprint density at radius 3 is 2.85 bits per heavy atom. The zero-order valence-electron chi connectivity index (χ0n) is 14.6. The Kier molecular flexibility index (Phi) is 4.97. The van der Waals surface area contributed by atoms with E-state index < -0.39 is 5.82 Å². The van der Waals surface area contributed by atoms with E-state index in [-0.39, 0.29) is 5.02 Å². The molecule has 0 aliphatic carbocycles. The van der Waals surface area contributed by atoms with Crippen LogP contribution < -0.4 is 9.64 Å². The maximum Gasteiger partial charge on any atom is 0.141 e. The van der Waals surface area contributed by atoms with Crippen LogP contribution in [0.15, 0.2) is 60.8 Å². The summed E-state index contributed by atoms with van der Waals surface area (Å²) in [4.78, 5) is 6.49. The molecule has 0 fully saturated rings. The van der Waals surface area contributed by atoms with Crippen molar-refractivity contribution in [2.75, 3.05) is 31.3 Å². The lowest BCUT2D eigenvalue weighted by molar-refractivity contribution is 0.156. The summed E-state index contributed by atoms with van der Waals surface area (Å²) in [5.74, 6) is 0.285. The van der Waals surface area contributed by atoms with E-state index in [1.807, 2.05) is 29.2 Å². The van der Waals surface area contributed by atoms with Crippen LogP contribution in [0, 0.1) is 5.82 Å². The van der Waals surface area contributed by atoms with E-state index in [9.17, 15) is 4.39 Å². The number of hydrogen-bond donors (Lipinski definition) is 0. The number of hydrogen-bond acceptors (Lipinski definition) is 4. The molecule has 0 amide bonds. The molecular weight excluding hydrogens is 367 g/mol. The van der Waals surface area contributed by atoms with Gasteiger partial charge in [0, 0.05) is 23.8 Å². The lowest BCUT2D eigenvalue weighted by Crippen LogP contribution is -2.24. The fourth-order valence-electron chi connectivity index (χ4n) is 3.08. The molecule has 1 aliphatic heterocycles. The molecule has 1 aliphatic rings. The van der Waals surface area contributed by atoms with Gasteiger partial charge in [0.15, 0.2) is 0 Å². The molecule has 2 bridgehead atoms. The van der Waals surface area contributed by atoms with Gasteiger partial charge in [-0.05, 0) is 48.0 Å². The minimum atomic E-state index is -0.447. The normalized spacial score (nSPS) is 15.3. The quantitative estimate of drug-likeness (QED) is 0.545. The molecule has 0 radical (unpaired) electrons. The highest BCUT2D eigenvalue weighted by Crippen LogP contribution is 2.35. The molecule has 1 aromatic heterocycles. The fraction of sp³-hybridized carbons (Fsp3) is 0.190. The molecule has 4 rings (SSSR count). The smallest absolute Gasteiger partial charge is 0.141 e. The molecule has 0 saturated carbocycles. The summed E-state index contributed by atoms with van der Waals surface area (Å²) in [5.41, 5.74) is 3.41. The average Bonchev–Trinajstić information content (AvgIpc) is 2.67. The van der Waals surface area contributed by atoms with E-state index in [1.54, 1.807) is 18.3 Å². The predicted octanol–water partition coefficient (Wildman–Crippen LogP) is 5.13. The van der Waals surface area contributed by atoms with Gasteiger partial charge >= 0.3 is 0 Å². The average molecular weight is 385 g/mol. The third kappa shape index (κ3) is 3.75. The second kappa shape index (κ2) is 7.55. The highest BCUT2D eigenvalue weighted by atomic mass is 35.5. The Bertz CT molecular complexity index is 1010. The number of anilines is 2. The van der Waals surface area contributed by atoms with Gasteiger partial charge in [0.25, 0.3) is 0 Å². The number of rotatable bonds is 1. The zero-order valence-corrected chi connectivity index (χ0v) is 15.4. The Hall–Kier alpha value is -2.63. The monoisotopic (exact) mass is 384 g/mol. The van der Waals surface area contributed by atoms with Crippen molar-refractivity contribution in [1.29, 1.82) is 0 Å². The van der Waals surface area contributed by atoms with Gasteiger partial charge in [0.05, 0.1) is 29.4 Å². The Morgan fingerprint density at radius 2 is 2.00 bits per heavy atom. The van der Waals surface area contributed by atoms with E-state index in [0.29, 0.717) is 26.4 Å². The van der Waals surface area contributed by atoms with Crippen molar-refractivity contribution in [3.63, 3.8) is 0 Å². The molecule has 0 unspecified atom stereocenters. The zero-order chi connectivity index (χ0) is 18.8. The summed E-state index contributed by atoms with van der Waals surface area (Å²) >= 11 is 6.02. The predicted molar refractivity (Wildman–Crippen MR) is 106 cm³/mol. The molecule has 0 saturated heterocycles. The van der Waals surface area contributed by atoms with Crippen molar-refractivity contribution in [3.8, 4) is 5.75 Å². The van der Waals surface area contributed by atoms with Crippen LogP contribution in [0.5, 0.6) is 5.75 Å². The van der Waals surface area contributed by atoms with Crippen molar-refractivity contribution >= 4 is 33.9 Å². The van der Waals surface area contributed by atoms with Crippen LogP contribution in [0.2, 0.25) is 5.02 Å². The van der Waals surface area contributed by atoms with Crippen molar-refractivity contribution in [2.45, 2.75) is 0 Å². The third-order valence-corrected chi connectivity index (χ3v) is 4.69. The lowest BCUT2D eigenvalue weighted by atomic mass is 10.1. The van der Waals surface area contributed by atoms with Crippen LogP contribution >= 0.6 is 11.6 Å². The van der Waals surface area contributed by atoms with Crippen LogP contribution in [0.25, 0.3) is 10.9 Å². The van der Waals surface area contributed by atoms with Gasteiger partial charge in [-0.1, -0.05) is 18.2 Å². The van der Waals surface area contributed by atoms with Crippen LogP contribution in [-0.2, 0) is 4.74 Å². The standard InChI is InChI=1S/C21H18ClFN2O2/c1-14-12-26-9-8-25(15-2-4-19(23)18(22)10-15)21-6-7-24-20-5-3-16(27-13-14)11-17(20)21/h2-7,10-11H,1,8-9,12-13H2. The van der Waals surface area contributed by atoms with Gasteiger partial charge in [0.2, 0.25) is 0 Å². The van der Waals surface area contributed by atoms with Crippen LogP contribution in [-0.4, -0.2) is 31.3 Å². The number of halogens is 2. The van der Waals surface area contributed by atoms with Crippen molar-refractivity contribution in [3.05, 3.63) is 71.7 Å². The molecule has 0 atom stereocenters. The first kappa shape index (κ1) is 17.8. The van der Waals surface area contributed by atoms with Crippen LogP contribution in [0.4, 0.5) is 15.8 Å². The molecule has 0 N–H and O–H groups in total. The lowest BCUT2D eigenvalue weighted by Gasteiger charge is -2.27. The maximum absolute atomic E-state index is 13.7. The minimum absolute atomic E-state index is 0.0790. The van der Waals surface area contributed by atoms with Gasteiger partial charge in [-0.15, -0.1) is 0 Å². The second-order valence-electron chi connectivity index (χ2n) is 6.35. The SMILES string of the molecule is C=C1COCCN(c2ccc(F)c(Cl)c2)c2ccnc3ccc(cc23)OC1. The van der Waals surface area contributed by atoms with E-state index in [2.05, 4.69) is 11.6 Å². The molecule has 0 spiro atoms. The van der Waals surface area contributed by atoms with E-state index in [4.69, 9.17) is 21.1 Å². The van der Waals surface area contributed by atoms with E-state index in [0.717, 1.165) is 33.6 Å². The Morgan fingerprint density at radius 1 is 1.11 bits per heavy atom. The van der Waals surface area contributed by atoms with E-state index >= 15 is 0 Å². The fourth-order valence-corrected chi connectivity index (χ4v) is 3.25. The summed E-state index contributed by atoms with van der Waals surface area (Å²) in [5, 5.41) is 1.01. The summed E-state index contributed by atoms with van der Waals surface area (Å²) in [6, 6.07) is 12.4. The first-order valence-corrected chi connectivity index (χ1v) is 8.98. The molecule has 27 heavy (non-hydrogen) atoms. The molecule has 2 aromatic carbocycles. The van der Waals surface area contributed by atoms with Gasteiger partial charge < -0.3 is 14.4 Å². The molecule has 4 nitrogen and oxygen atoms in total. The summed E-state index contributed by atoms with van der Waals surface area (Å²) in [6.45, 7) is 5.84. The van der Waals surface area contributed by atoms with Gasteiger partial charge in [-0.3, -0.25) is 4.98 Å². The number of fused-ring (bicyclic) bond motifs is 1. The van der Waals surface area contributed by atoms with Crippen LogP contribution in [0.1, 0.15) is 0 Å². The van der Waals surface area contributed by atoms with Gasteiger partial charge in [-0.25, -0.2) is 4.39 Å². The number of aromatic nitrogens is 1. The molecule has 138 valence electrons. The first-order chi connectivity index (χ1) is 13.1. The summed E-state index contributed by atoms with van der Waals surface area (Å²) in [7, 11) is 0. The van der Waals surface area contributed by atoms with Crippen molar-refractivity contribution < 1.29 is 13.9 Å². The second-order valence-corrected chi connectivity index (χ2v) is 6.76. The van der Waals surface area contributed by atoms with Gasteiger partial charge in [-0.2, -0.15) is 0 Å². The Balaban J connectivity index is 1.87. The van der Waals surface area contributed by atoms with Crippen molar-refractivity contribution in [1.82, 2.24) is 4.98 Å². The summed E-state index contributed by atoms with van der Waals surface area (Å²) < 4.78 is 25.2. The number of benzene rings is 2. The molecule has 3 aromatic rings. The van der Waals surface area contributed by atoms with Gasteiger partial charge in [0.1, 0.15) is 18.2 Å². The summed E-state index contributed by atoms with van der Waals surface area (Å²) in [6.07, 6.45) is 1.75. The Labute approximate surface area is 161 Å². The minimum Gasteiger partial charge on any atom is -0.489 e. The highest BCUT2D eigenvalue weighted by molar-refractivity contribution is 6.31. The largest absolute Gasteiger partial charge is 0.489 e. The van der Waals surface area contributed by atoms with Crippen LogP contribution in [0.3, 0.4) is 0 Å². The maximum atomic E-state index is 13.7. The van der Waals surface area contributed by atoms with Crippen molar-refractivity contribution in [2.24, 2.45) is 0 Å².